The van der Waals surface area contributed by atoms with E-state index in [4.69, 9.17) is 5.11 Å². The molecule has 0 bridgehead atoms. The molecule has 2 rings (SSSR count). The van der Waals surface area contributed by atoms with Gasteiger partial charge in [0.05, 0.1) is 13.0 Å². The molecule has 0 atom stereocenters. The quantitative estimate of drug-likeness (QED) is 0.886. The lowest BCUT2D eigenvalue weighted by atomic mass is 10.2. The first kappa shape index (κ1) is 13.2. The average molecular weight is 376 g/mol. The van der Waals surface area contributed by atoms with Crippen LogP contribution in [0, 0.1) is 0 Å². The minimum absolute atomic E-state index is 0.0298. The molecule has 8 heteroatoms. The minimum atomic E-state index is -0.890. The number of carboxylic acid groups (broad SMARTS) is 1. The summed E-state index contributed by atoms with van der Waals surface area (Å²) in [5, 5.41) is 20.4. The molecule has 0 fully saturated rings. The summed E-state index contributed by atoms with van der Waals surface area (Å²) < 4.78 is 1.79. The number of benzene rings is 1. The summed E-state index contributed by atoms with van der Waals surface area (Å²) in [6.07, 6.45) is -0.0298. The number of hydrogen-bond donors (Lipinski definition) is 1. The van der Waals surface area contributed by atoms with E-state index in [-0.39, 0.29) is 13.0 Å². The van der Waals surface area contributed by atoms with Gasteiger partial charge in [0.25, 0.3) is 0 Å². The summed E-state index contributed by atoms with van der Waals surface area (Å²) in [6, 6.07) is 5.63. The summed E-state index contributed by atoms with van der Waals surface area (Å²) in [6.45, 7) is 0.206. The second-order valence-corrected chi connectivity index (χ2v) is 5.34. The topological polar surface area (TPSA) is 80.9 Å². The fraction of sp³-hybridized carbons (Fsp3) is 0.200. The van der Waals surface area contributed by atoms with Crippen LogP contribution in [0.15, 0.2) is 27.1 Å². The van der Waals surface area contributed by atoms with E-state index in [1.165, 1.54) is 4.80 Å². The lowest BCUT2D eigenvalue weighted by Gasteiger charge is -1.98. The molecule has 1 aromatic heterocycles. The third kappa shape index (κ3) is 3.36. The molecular formula is C10H8Br2N4O2. The average Bonchev–Trinajstić information content (AvgIpc) is 2.73. The van der Waals surface area contributed by atoms with Crippen molar-refractivity contribution in [2.75, 3.05) is 0 Å². The molecule has 94 valence electrons. The summed E-state index contributed by atoms with van der Waals surface area (Å²) >= 11 is 6.75. The number of rotatable bonds is 4. The highest BCUT2D eigenvalue weighted by molar-refractivity contribution is 9.11. The highest BCUT2D eigenvalue weighted by atomic mass is 79.9. The van der Waals surface area contributed by atoms with Gasteiger partial charge in [0, 0.05) is 14.5 Å². The highest BCUT2D eigenvalue weighted by Crippen LogP contribution is 2.25. The molecule has 0 aliphatic carbocycles. The Balaban J connectivity index is 2.21. The van der Waals surface area contributed by atoms with Crippen LogP contribution < -0.4 is 0 Å². The molecule has 0 aliphatic heterocycles. The molecular weight excluding hydrogens is 368 g/mol. The van der Waals surface area contributed by atoms with Crippen molar-refractivity contribution in [3.63, 3.8) is 0 Å². The molecule has 0 unspecified atom stereocenters. The van der Waals surface area contributed by atoms with Crippen molar-refractivity contribution >= 4 is 37.8 Å². The maximum absolute atomic E-state index is 10.4. The van der Waals surface area contributed by atoms with Gasteiger partial charge in [-0.15, -0.1) is 10.2 Å². The maximum atomic E-state index is 10.4. The summed E-state index contributed by atoms with van der Waals surface area (Å²) in [5.74, 6) is -0.429. The van der Waals surface area contributed by atoms with Crippen molar-refractivity contribution in [2.45, 2.75) is 13.0 Å². The Morgan fingerprint density at radius 3 is 2.56 bits per heavy atom. The number of nitrogens with zero attached hydrogens (tertiary/aromatic N) is 4. The Hall–Kier alpha value is -1.28. The monoisotopic (exact) mass is 374 g/mol. The SMILES string of the molecule is O=C(O)CCn1nnc(-c2cc(Br)cc(Br)c2)n1. The van der Waals surface area contributed by atoms with E-state index in [2.05, 4.69) is 47.3 Å². The van der Waals surface area contributed by atoms with E-state index in [9.17, 15) is 4.79 Å². The zero-order valence-electron chi connectivity index (χ0n) is 9.05. The van der Waals surface area contributed by atoms with E-state index in [1.54, 1.807) is 0 Å². The Morgan fingerprint density at radius 2 is 1.94 bits per heavy atom. The van der Waals surface area contributed by atoms with Crippen molar-refractivity contribution in [2.24, 2.45) is 0 Å². The van der Waals surface area contributed by atoms with Gasteiger partial charge in [0.15, 0.2) is 0 Å². The van der Waals surface area contributed by atoms with Crippen LogP contribution in [0.5, 0.6) is 0 Å². The molecule has 1 heterocycles. The van der Waals surface area contributed by atoms with Crippen molar-refractivity contribution in [1.29, 1.82) is 0 Å². The number of hydrogen-bond acceptors (Lipinski definition) is 4. The van der Waals surface area contributed by atoms with Crippen LogP contribution in [0.4, 0.5) is 0 Å². The van der Waals surface area contributed by atoms with Crippen molar-refractivity contribution in [3.8, 4) is 11.4 Å². The molecule has 18 heavy (non-hydrogen) atoms. The summed E-state index contributed by atoms with van der Waals surface area (Å²) in [5.41, 5.74) is 0.804. The van der Waals surface area contributed by atoms with Crippen LogP contribution in [0.2, 0.25) is 0 Å². The van der Waals surface area contributed by atoms with Gasteiger partial charge >= 0.3 is 5.97 Å². The molecule has 0 spiro atoms. The molecule has 6 nitrogen and oxygen atoms in total. The van der Waals surface area contributed by atoms with E-state index in [0.29, 0.717) is 5.82 Å². The van der Waals surface area contributed by atoms with E-state index >= 15 is 0 Å². The van der Waals surface area contributed by atoms with Crippen LogP contribution >= 0.6 is 31.9 Å². The first-order valence-corrected chi connectivity index (χ1v) is 6.59. The van der Waals surface area contributed by atoms with E-state index < -0.39 is 5.97 Å². The zero-order chi connectivity index (χ0) is 13.1. The van der Waals surface area contributed by atoms with Gasteiger partial charge < -0.3 is 5.11 Å². The first-order chi connectivity index (χ1) is 8.54. The summed E-state index contributed by atoms with van der Waals surface area (Å²) in [7, 11) is 0. The standard InChI is InChI=1S/C10H8Br2N4O2/c11-7-3-6(4-8(12)5-7)10-13-15-16(14-10)2-1-9(17)18/h3-5H,1-2H2,(H,17,18). The fourth-order valence-electron chi connectivity index (χ4n) is 1.33. The maximum Gasteiger partial charge on any atom is 0.305 e. The van der Waals surface area contributed by atoms with Gasteiger partial charge in [0.1, 0.15) is 0 Å². The predicted molar refractivity (Wildman–Crippen MR) is 70.9 cm³/mol. The largest absolute Gasteiger partial charge is 0.481 e. The fourth-order valence-corrected chi connectivity index (χ4v) is 2.63. The Morgan fingerprint density at radius 1 is 1.28 bits per heavy atom. The molecule has 0 saturated heterocycles. The molecule has 0 amide bonds. The van der Waals surface area contributed by atoms with Gasteiger partial charge in [-0.05, 0) is 23.4 Å². The zero-order valence-corrected chi connectivity index (χ0v) is 12.2. The third-order valence-electron chi connectivity index (χ3n) is 2.10. The van der Waals surface area contributed by atoms with Crippen LogP contribution in [0.1, 0.15) is 6.42 Å². The van der Waals surface area contributed by atoms with Crippen LogP contribution in [0.25, 0.3) is 11.4 Å². The van der Waals surface area contributed by atoms with E-state index in [1.807, 2.05) is 18.2 Å². The molecule has 0 radical (unpaired) electrons. The van der Waals surface area contributed by atoms with Crippen molar-refractivity contribution in [3.05, 3.63) is 27.1 Å². The highest BCUT2D eigenvalue weighted by Gasteiger charge is 2.08. The number of aromatic nitrogens is 4. The number of aryl methyl sites for hydroxylation is 1. The van der Waals surface area contributed by atoms with E-state index in [0.717, 1.165) is 14.5 Å². The van der Waals surface area contributed by atoms with Crippen LogP contribution in [0.3, 0.4) is 0 Å². The molecule has 0 aliphatic rings. The van der Waals surface area contributed by atoms with Crippen molar-refractivity contribution < 1.29 is 9.90 Å². The number of carbonyl (C=O) groups is 1. The number of aliphatic carboxylic acids is 1. The van der Waals surface area contributed by atoms with Gasteiger partial charge in [-0.2, -0.15) is 4.80 Å². The van der Waals surface area contributed by atoms with Gasteiger partial charge in [-0.1, -0.05) is 31.9 Å². The molecule has 1 N–H and O–H groups in total. The lowest BCUT2D eigenvalue weighted by molar-refractivity contribution is -0.137. The smallest absolute Gasteiger partial charge is 0.305 e. The first-order valence-electron chi connectivity index (χ1n) is 5.00. The molecule has 1 aromatic carbocycles. The number of carboxylic acids is 1. The number of tetrazole rings is 1. The third-order valence-corrected chi connectivity index (χ3v) is 3.01. The molecule has 2 aromatic rings. The van der Waals surface area contributed by atoms with Crippen molar-refractivity contribution in [1.82, 2.24) is 20.2 Å². The summed E-state index contributed by atoms with van der Waals surface area (Å²) in [4.78, 5) is 11.7. The lowest BCUT2D eigenvalue weighted by Crippen LogP contribution is -2.07. The Kier molecular flexibility index (Phi) is 4.07. The van der Waals surface area contributed by atoms with Crippen LogP contribution in [-0.4, -0.2) is 31.3 Å². The number of halogens is 2. The van der Waals surface area contributed by atoms with Gasteiger partial charge in [-0.25, -0.2) is 0 Å². The second-order valence-electron chi connectivity index (χ2n) is 3.51. The minimum Gasteiger partial charge on any atom is -0.481 e. The Labute approximate surface area is 119 Å². The molecule has 0 saturated carbocycles. The predicted octanol–water partition coefficient (Wildman–Crippen LogP) is 2.34. The van der Waals surface area contributed by atoms with Gasteiger partial charge in [-0.3, -0.25) is 4.79 Å². The van der Waals surface area contributed by atoms with Gasteiger partial charge in [0.2, 0.25) is 5.82 Å². The Bertz CT molecular complexity index is 565. The normalized spacial score (nSPS) is 10.6. The second kappa shape index (κ2) is 5.57. The van der Waals surface area contributed by atoms with Crippen LogP contribution in [-0.2, 0) is 11.3 Å².